The highest BCUT2D eigenvalue weighted by Gasteiger charge is 2.26. The molecule has 0 rings (SSSR count). The van der Waals surface area contributed by atoms with Crippen molar-refractivity contribution in [2.75, 3.05) is 0 Å². The summed E-state index contributed by atoms with van der Waals surface area (Å²) >= 11 is 0. The Balaban J connectivity index is 4.70. The minimum absolute atomic E-state index is 0.0863. The number of amides is 3. The average Bonchev–Trinajstić information content (AvgIpc) is 2.30. The van der Waals surface area contributed by atoms with Crippen LogP contribution in [0.1, 0.15) is 33.6 Å². The van der Waals surface area contributed by atoms with Gasteiger partial charge in [-0.2, -0.15) is 0 Å². The van der Waals surface area contributed by atoms with E-state index in [1.165, 1.54) is 6.92 Å². The van der Waals surface area contributed by atoms with Crippen molar-refractivity contribution in [1.82, 2.24) is 10.6 Å². The molecule has 0 aliphatic rings. The molecule has 3 amide bonds. The molecular formula is C13H23N3O3. The van der Waals surface area contributed by atoms with Gasteiger partial charge >= 0.3 is 0 Å². The van der Waals surface area contributed by atoms with Crippen molar-refractivity contribution >= 4 is 17.7 Å². The van der Waals surface area contributed by atoms with Crippen LogP contribution < -0.4 is 16.4 Å². The summed E-state index contributed by atoms with van der Waals surface area (Å²) in [7, 11) is 0. The molecule has 0 heterocycles. The number of nitrogens with two attached hydrogens (primary N) is 1. The third-order valence-electron chi connectivity index (χ3n) is 2.63. The van der Waals surface area contributed by atoms with Gasteiger partial charge in [0.25, 0.3) is 0 Å². The van der Waals surface area contributed by atoms with Crippen LogP contribution in [-0.2, 0) is 14.4 Å². The van der Waals surface area contributed by atoms with Crippen LogP contribution in [0.2, 0.25) is 0 Å². The van der Waals surface area contributed by atoms with Gasteiger partial charge in [0.1, 0.15) is 12.1 Å². The first-order chi connectivity index (χ1) is 8.79. The van der Waals surface area contributed by atoms with Gasteiger partial charge in [0.2, 0.25) is 17.7 Å². The Labute approximate surface area is 113 Å². The van der Waals surface area contributed by atoms with Crippen LogP contribution >= 0.6 is 0 Å². The standard InChI is InChI=1S/C13H23N3O3/c1-5-6-7-10(12(14)18)16-13(19)11(8(2)3)15-9(4)17/h5,8,10-11H,1,6-7H2,2-4H3,(H2,14,18)(H,15,17)(H,16,19)/t10-,11+/m0/s1. The maximum absolute atomic E-state index is 12.0. The second kappa shape index (κ2) is 8.29. The summed E-state index contributed by atoms with van der Waals surface area (Å²) < 4.78 is 0. The molecule has 0 saturated heterocycles. The molecule has 0 saturated carbocycles. The van der Waals surface area contributed by atoms with Crippen molar-refractivity contribution in [3.05, 3.63) is 12.7 Å². The number of hydrogen-bond donors (Lipinski definition) is 3. The van der Waals surface area contributed by atoms with Gasteiger partial charge in [0, 0.05) is 6.92 Å². The molecule has 2 atom stereocenters. The van der Waals surface area contributed by atoms with Crippen LogP contribution in [0.25, 0.3) is 0 Å². The van der Waals surface area contributed by atoms with E-state index in [9.17, 15) is 14.4 Å². The lowest BCUT2D eigenvalue weighted by Gasteiger charge is -2.23. The van der Waals surface area contributed by atoms with Crippen LogP contribution in [0.5, 0.6) is 0 Å². The predicted molar refractivity (Wildman–Crippen MR) is 73.0 cm³/mol. The van der Waals surface area contributed by atoms with E-state index in [1.54, 1.807) is 6.08 Å². The molecule has 6 nitrogen and oxygen atoms in total. The van der Waals surface area contributed by atoms with Crippen molar-refractivity contribution in [3.63, 3.8) is 0 Å². The van der Waals surface area contributed by atoms with Crippen LogP contribution in [0.4, 0.5) is 0 Å². The van der Waals surface area contributed by atoms with E-state index in [2.05, 4.69) is 17.2 Å². The molecule has 108 valence electrons. The fourth-order valence-corrected chi connectivity index (χ4v) is 1.59. The highest BCUT2D eigenvalue weighted by Crippen LogP contribution is 2.04. The smallest absolute Gasteiger partial charge is 0.243 e. The maximum Gasteiger partial charge on any atom is 0.243 e. The molecule has 0 bridgehead atoms. The zero-order valence-corrected chi connectivity index (χ0v) is 11.7. The topological polar surface area (TPSA) is 101 Å². The Kier molecular flexibility index (Phi) is 7.48. The fraction of sp³-hybridized carbons (Fsp3) is 0.615. The first-order valence-electron chi connectivity index (χ1n) is 6.27. The highest BCUT2D eigenvalue weighted by atomic mass is 16.2. The number of allylic oxidation sites excluding steroid dienone is 1. The molecule has 0 fully saturated rings. The van der Waals surface area contributed by atoms with E-state index < -0.39 is 23.9 Å². The Morgan fingerprint density at radius 3 is 2.21 bits per heavy atom. The molecule has 4 N–H and O–H groups in total. The fourth-order valence-electron chi connectivity index (χ4n) is 1.59. The van der Waals surface area contributed by atoms with Crippen molar-refractivity contribution in [3.8, 4) is 0 Å². The molecule has 0 unspecified atom stereocenters. The maximum atomic E-state index is 12.0. The van der Waals surface area contributed by atoms with Gasteiger partial charge < -0.3 is 16.4 Å². The van der Waals surface area contributed by atoms with Crippen LogP contribution in [-0.4, -0.2) is 29.8 Å². The van der Waals surface area contributed by atoms with Gasteiger partial charge in [-0.15, -0.1) is 6.58 Å². The molecule has 0 aliphatic carbocycles. The summed E-state index contributed by atoms with van der Waals surface area (Å²) in [5.74, 6) is -1.38. The number of hydrogen-bond acceptors (Lipinski definition) is 3. The molecule has 0 aromatic rings. The summed E-state index contributed by atoms with van der Waals surface area (Å²) in [6, 6.07) is -1.43. The van der Waals surface area contributed by atoms with Crippen molar-refractivity contribution in [1.29, 1.82) is 0 Å². The Morgan fingerprint density at radius 2 is 1.84 bits per heavy atom. The normalized spacial score (nSPS) is 13.5. The SMILES string of the molecule is C=CCC[C@H](NC(=O)[C@H](NC(C)=O)C(C)C)C(N)=O. The molecule has 0 aromatic heterocycles. The summed E-state index contributed by atoms with van der Waals surface area (Å²) in [5.41, 5.74) is 5.23. The summed E-state index contributed by atoms with van der Waals surface area (Å²) in [5, 5.41) is 5.12. The Bertz CT molecular complexity index is 353. The van der Waals surface area contributed by atoms with Gasteiger partial charge in [0.15, 0.2) is 0 Å². The largest absolute Gasteiger partial charge is 0.368 e. The minimum Gasteiger partial charge on any atom is -0.368 e. The Hall–Kier alpha value is -1.85. The molecular weight excluding hydrogens is 246 g/mol. The minimum atomic E-state index is -0.750. The summed E-state index contributed by atoms with van der Waals surface area (Å²) in [6.07, 6.45) is 2.62. The number of rotatable bonds is 8. The predicted octanol–water partition coefficient (Wildman–Crippen LogP) is 0.0834. The molecule has 0 radical (unpaired) electrons. The highest BCUT2D eigenvalue weighted by molar-refractivity contribution is 5.91. The lowest BCUT2D eigenvalue weighted by molar-refractivity contribution is -0.131. The average molecular weight is 269 g/mol. The van der Waals surface area contributed by atoms with Gasteiger partial charge in [0.05, 0.1) is 0 Å². The molecule has 6 heteroatoms. The van der Waals surface area contributed by atoms with Crippen molar-refractivity contribution < 1.29 is 14.4 Å². The van der Waals surface area contributed by atoms with E-state index in [4.69, 9.17) is 5.73 Å². The quantitative estimate of drug-likeness (QED) is 0.544. The van der Waals surface area contributed by atoms with Crippen LogP contribution in [0.15, 0.2) is 12.7 Å². The molecule has 0 spiro atoms. The number of carbonyl (C=O) groups is 3. The molecule has 0 aliphatic heterocycles. The first-order valence-corrected chi connectivity index (χ1v) is 6.27. The van der Waals surface area contributed by atoms with Crippen LogP contribution in [0.3, 0.4) is 0 Å². The van der Waals surface area contributed by atoms with E-state index in [0.29, 0.717) is 12.8 Å². The lowest BCUT2D eigenvalue weighted by atomic mass is 10.0. The van der Waals surface area contributed by atoms with Crippen molar-refractivity contribution in [2.24, 2.45) is 11.7 Å². The molecule has 19 heavy (non-hydrogen) atoms. The van der Waals surface area contributed by atoms with Gasteiger partial charge in [-0.05, 0) is 18.8 Å². The third-order valence-corrected chi connectivity index (χ3v) is 2.63. The van der Waals surface area contributed by atoms with Gasteiger partial charge in [-0.3, -0.25) is 14.4 Å². The summed E-state index contributed by atoms with van der Waals surface area (Å²) in [6.45, 7) is 8.51. The zero-order valence-electron chi connectivity index (χ0n) is 11.7. The van der Waals surface area contributed by atoms with E-state index in [0.717, 1.165) is 0 Å². The third kappa shape index (κ3) is 6.59. The first kappa shape index (κ1) is 17.2. The van der Waals surface area contributed by atoms with Gasteiger partial charge in [-0.1, -0.05) is 19.9 Å². The van der Waals surface area contributed by atoms with E-state index >= 15 is 0 Å². The zero-order chi connectivity index (χ0) is 15.0. The molecule has 0 aromatic carbocycles. The van der Waals surface area contributed by atoms with Crippen LogP contribution in [0, 0.1) is 5.92 Å². The number of nitrogens with one attached hydrogen (secondary N) is 2. The summed E-state index contributed by atoms with van der Waals surface area (Å²) in [4.78, 5) is 34.3. The second-order valence-electron chi connectivity index (χ2n) is 4.75. The lowest BCUT2D eigenvalue weighted by Crippen LogP contribution is -2.54. The van der Waals surface area contributed by atoms with Crippen molar-refractivity contribution in [2.45, 2.75) is 45.7 Å². The number of primary amides is 1. The number of carbonyl (C=O) groups excluding carboxylic acids is 3. The van der Waals surface area contributed by atoms with Gasteiger partial charge in [-0.25, -0.2) is 0 Å². The monoisotopic (exact) mass is 269 g/mol. The second-order valence-corrected chi connectivity index (χ2v) is 4.75. The Morgan fingerprint density at radius 1 is 1.26 bits per heavy atom. The van der Waals surface area contributed by atoms with E-state index in [1.807, 2.05) is 13.8 Å². The van der Waals surface area contributed by atoms with E-state index in [-0.39, 0.29) is 11.8 Å².